The van der Waals surface area contributed by atoms with Crippen molar-refractivity contribution in [3.8, 4) is 17.2 Å². The second-order valence-electron chi connectivity index (χ2n) is 7.30. The van der Waals surface area contributed by atoms with E-state index in [1.165, 1.54) is 0 Å². The number of nitrogens with zero attached hydrogens (tertiary/aromatic N) is 1. The quantitative estimate of drug-likeness (QED) is 0.757. The van der Waals surface area contributed by atoms with Gasteiger partial charge >= 0.3 is 6.03 Å². The number of carbonyl (C=O) groups excluding carboxylic acids is 2. The van der Waals surface area contributed by atoms with Crippen molar-refractivity contribution in [2.45, 2.75) is 20.4 Å². The van der Waals surface area contributed by atoms with E-state index in [9.17, 15) is 9.59 Å². The molecule has 0 unspecified atom stereocenters. The Kier molecular flexibility index (Phi) is 6.79. The van der Waals surface area contributed by atoms with Crippen molar-refractivity contribution in [1.29, 1.82) is 0 Å². The summed E-state index contributed by atoms with van der Waals surface area (Å²) < 4.78 is 16.3. The Labute approximate surface area is 176 Å². The molecule has 8 heteroatoms. The minimum Gasteiger partial charge on any atom is -0.496 e. The Hall–Kier alpha value is -3.26. The number of amides is 3. The molecular weight excluding hydrogens is 386 g/mol. The van der Waals surface area contributed by atoms with Gasteiger partial charge in [0.1, 0.15) is 19.0 Å². The first kappa shape index (κ1) is 21.4. The van der Waals surface area contributed by atoms with Gasteiger partial charge in [-0.15, -0.1) is 0 Å². The van der Waals surface area contributed by atoms with Crippen LogP contribution in [-0.2, 0) is 11.3 Å². The Balaban J connectivity index is 1.50. The predicted molar refractivity (Wildman–Crippen MR) is 113 cm³/mol. The van der Waals surface area contributed by atoms with Gasteiger partial charge in [0.25, 0.3) is 0 Å². The Morgan fingerprint density at radius 1 is 1.07 bits per heavy atom. The monoisotopic (exact) mass is 413 g/mol. The van der Waals surface area contributed by atoms with E-state index in [2.05, 4.69) is 10.6 Å². The van der Waals surface area contributed by atoms with Gasteiger partial charge in [0.2, 0.25) is 5.91 Å². The Morgan fingerprint density at radius 3 is 2.40 bits per heavy atom. The number of carbonyl (C=O) groups is 2. The topological polar surface area (TPSA) is 89.1 Å². The van der Waals surface area contributed by atoms with Gasteiger partial charge in [0, 0.05) is 18.3 Å². The third kappa shape index (κ3) is 5.42. The van der Waals surface area contributed by atoms with E-state index < -0.39 is 11.9 Å². The molecule has 160 valence electrons. The second-order valence-corrected chi connectivity index (χ2v) is 7.30. The smallest absolute Gasteiger partial charge is 0.325 e. The Morgan fingerprint density at radius 2 is 1.73 bits per heavy atom. The average molecular weight is 413 g/mol. The van der Waals surface area contributed by atoms with Gasteiger partial charge in [0.15, 0.2) is 11.5 Å². The molecule has 0 radical (unpaired) electrons. The maximum Gasteiger partial charge on any atom is 0.325 e. The van der Waals surface area contributed by atoms with Gasteiger partial charge in [-0.1, -0.05) is 12.1 Å². The summed E-state index contributed by atoms with van der Waals surface area (Å²) in [6.45, 7) is 5.59. The SMILES string of the molecule is COc1c(C)cc(CN(C)CC(=O)NC(=O)Nc2ccc3c(c2)OCCO3)cc1C. The summed E-state index contributed by atoms with van der Waals surface area (Å²) in [6.07, 6.45) is 0. The van der Waals surface area contributed by atoms with Crippen LogP contribution in [0.5, 0.6) is 17.2 Å². The average Bonchev–Trinajstić information content (AvgIpc) is 2.67. The number of likely N-dealkylation sites (N-methyl/N-ethyl adjacent to an activating group) is 1. The summed E-state index contributed by atoms with van der Waals surface area (Å²) in [5.74, 6) is 1.67. The summed E-state index contributed by atoms with van der Waals surface area (Å²) in [5.41, 5.74) is 3.68. The highest BCUT2D eigenvalue weighted by Gasteiger charge is 2.15. The predicted octanol–water partition coefficient (Wildman–Crippen LogP) is 2.86. The molecule has 0 saturated heterocycles. The van der Waals surface area contributed by atoms with Crippen molar-refractivity contribution in [3.63, 3.8) is 0 Å². The molecule has 3 rings (SSSR count). The van der Waals surface area contributed by atoms with E-state index in [1.807, 2.05) is 37.9 Å². The molecule has 0 bridgehead atoms. The summed E-state index contributed by atoms with van der Waals surface area (Å²) in [6, 6.07) is 8.56. The number of imide groups is 1. The molecule has 0 spiro atoms. The van der Waals surface area contributed by atoms with Crippen LogP contribution >= 0.6 is 0 Å². The number of anilines is 1. The number of rotatable bonds is 6. The van der Waals surface area contributed by atoms with Gasteiger partial charge in [-0.2, -0.15) is 0 Å². The van der Waals surface area contributed by atoms with Crippen molar-refractivity contribution in [1.82, 2.24) is 10.2 Å². The molecule has 0 atom stereocenters. The zero-order valence-electron chi connectivity index (χ0n) is 17.7. The molecule has 30 heavy (non-hydrogen) atoms. The zero-order chi connectivity index (χ0) is 21.7. The first-order valence-electron chi connectivity index (χ1n) is 9.69. The number of methoxy groups -OCH3 is 1. The lowest BCUT2D eigenvalue weighted by Crippen LogP contribution is -2.40. The number of urea groups is 1. The van der Waals surface area contributed by atoms with Crippen LogP contribution < -0.4 is 24.8 Å². The number of benzene rings is 2. The molecule has 2 aromatic carbocycles. The zero-order valence-corrected chi connectivity index (χ0v) is 17.7. The first-order chi connectivity index (χ1) is 14.4. The number of aryl methyl sites for hydroxylation is 2. The third-order valence-electron chi connectivity index (χ3n) is 4.64. The molecule has 1 aliphatic rings. The fourth-order valence-corrected chi connectivity index (χ4v) is 3.52. The van der Waals surface area contributed by atoms with E-state index in [1.54, 1.807) is 25.3 Å². The standard InChI is InChI=1S/C22H27N3O5/c1-14-9-16(10-15(2)21(14)28-4)12-25(3)13-20(26)24-22(27)23-17-5-6-18-19(11-17)30-8-7-29-18/h5-6,9-11H,7-8,12-13H2,1-4H3,(H2,23,24,26,27). The fourth-order valence-electron chi connectivity index (χ4n) is 3.52. The van der Waals surface area contributed by atoms with Gasteiger partial charge in [0.05, 0.1) is 13.7 Å². The molecule has 1 aliphatic heterocycles. The first-order valence-corrected chi connectivity index (χ1v) is 9.69. The highest BCUT2D eigenvalue weighted by molar-refractivity contribution is 6.01. The molecular formula is C22H27N3O5. The highest BCUT2D eigenvalue weighted by atomic mass is 16.6. The lowest BCUT2D eigenvalue weighted by atomic mass is 10.1. The van der Waals surface area contributed by atoms with E-state index in [0.717, 1.165) is 22.4 Å². The normalized spacial score (nSPS) is 12.4. The van der Waals surface area contributed by atoms with Crippen molar-refractivity contribution in [3.05, 3.63) is 47.0 Å². The maximum atomic E-state index is 12.2. The molecule has 0 fully saturated rings. The van der Waals surface area contributed by atoms with Crippen LogP contribution in [0, 0.1) is 13.8 Å². The van der Waals surface area contributed by atoms with Crippen LogP contribution in [0.15, 0.2) is 30.3 Å². The fraction of sp³-hybridized carbons (Fsp3) is 0.364. The van der Waals surface area contributed by atoms with Gasteiger partial charge in [-0.25, -0.2) is 4.79 Å². The van der Waals surface area contributed by atoms with Crippen LogP contribution in [0.4, 0.5) is 10.5 Å². The molecule has 2 N–H and O–H groups in total. The van der Waals surface area contributed by atoms with Gasteiger partial charge < -0.3 is 19.5 Å². The molecule has 0 saturated carbocycles. The molecule has 0 aliphatic carbocycles. The minimum atomic E-state index is -0.596. The largest absolute Gasteiger partial charge is 0.496 e. The molecule has 3 amide bonds. The second kappa shape index (κ2) is 9.49. The summed E-state index contributed by atoms with van der Waals surface area (Å²) in [7, 11) is 3.48. The van der Waals surface area contributed by atoms with Gasteiger partial charge in [-0.05, 0) is 49.7 Å². The van der Waals surface area contributed by atoms with E-state index in [0.29, 0.717) is 36.9 Å². The number of nitrogens with one attached hydrogen (secondary N) is 2. The summed E-state index contributed by atoms with van der Waals surface area (Å²) in [5, 5.41) is 4.98. The van der Waals surface area contributed by atoms with Crippen molar-refractivity contribution < 1.29 is 23.8 Å². The number of hydrogen-bond donors (Lipinski definition) is 2. The number of ether oxygens (including phenoxy) is 3. The van der Waals surface area contributed by atoms with Crippen LogP contribution in [0.25, 0.3) is 0 Å². The Bertz CT molecular complexity index is 921. The summed E-state index contributed by atoms with van der Waals surface area (Å²) >= 11 is 0. The van der Waals surface area contributed by atoms with Crippen LogP contribution in [0.1, 0.15) is 16.7 Å². The molecule has 1 heterocycles. The third-order valence-corrected chi connectivity index (χ3v) is 4.64. The van der Waals surface area contributed by atoms with Crippen LogP contribution in [0.2, 0.25) is 0 Å². The maximum absolute atomic E-state index is 12.2. The van der Waals surface area contributed by atoms with Crippen LogP contribution in [0.3, 0.4) is 0 Å². The number of fused-ring (bicyclic) bond motifs is 1. The lowest BCUT2D eigenvalue weighted by molar-refractivity contribution is -0.120. The molecule has 0 aromatic heterocycles. The van der Waals surface area contributed by atoms with E-state index in [4.69, 9.17) is 14.2 Å². The van der Waals surface area contributed by atoms with Crippen molar-refractivity contribution >= 4 is 17.6 Å². The summed E-state index contributed by atoms with van der Waals surface area (Å²) in [4.78, 5) is 26.2. The van der Waals surface area contributed by atoms with Gasteiger partial charge in [-0.3, -0.25) is 15.0 Å². The number of hydrogen-bond acceptors (Lipinski definition) is 6. The highest BCUT2D eigenvalue weighted by Crippen LogP contribution is 2.32. The van der Waals surface area contributed by atoms with E-state index >= 15 is 0 Å². The minimum absolute atomic E-state index is 0.0820. The van der Waals surface area contributed by atoms with Crippen molar-refractivity contribution in [2.24, 2.45) is 0 Å². The van der Waals surface area contributed by atoms with Crippen molar-refractivity contribution in [2.75, 3.05) is 39.2 Å². The molecule has 8 nitrogen and oxygen atoms in total. The molecule has 2 aromatic rings. The van der Waals surface area contributed by atoms with Crippen LogP contribution in [-0.4, -0.2) is 50.8 Å². The van der Waals surface area contributed by atoms with E-state index in [-0.39, 0.29) is 6.54 Å². The lowest BCUT2D eigenvalue weighted by Gasteiger charge is -2.19.